The predicted octanol–water partition coefficient (Wildman–Crippen LogP) is 3.20. The van der Waals surface area contributed by atoms with Crippen molar-refractivity contribution in [2.75, 3.05) is 7.05 Å². The van der Waals surface area contributed by atoms with Crippen LogP contribution in [0.5, 0.6) is 5.75 Å². The van der Waals surface area contributed by atoms with Gasteiger partial charge in [-0.05, 0) is 29.0 Å². The second kappa shape index (κ2) is 6.14. The summed E-state index contributed by atoms with van der Waals surface area (Å²) in [7, 11) is 1.92. The van der Waals surface area contributed by atoms with Crippen molar-refractivity contribution in [3.63, 3.8) is 0 Å². The zero-order chi connectivity index (χ0) is 12.1. The number of nitrogens with zero attached hydrogens (tertiary/aromatic N) is 1. The fourth-order valence-corrected chi connectivity index (χ4v) is 2.55. The van der Waals surface area contributed by atoms with Gasteiger partial charge in [0.05, 0.1) is 4.47 Å². The third kappa shape index (κ3) is 3.28. The molecule has 0 atom stereocenters. The lowest BCUT2D eigenvalue weighted by atomic mass is 10.2. The van der Waals surface area contributed by atoms with E-state index in [0.29, 0.717) is 6.61 Å². The molecule has 2 rings (SSSR count). The van der Waals surface area contributed by atoms with Gasteiger partial charge in [-0.2, -0.15) is 0 Å². The minimum atomic E-state index is 0.511. The average Bonchev–Trinajstić information content (AvgIpc) is 2.82. The van der Waals surface area contributed by atoms with Crippen LogP contribution in [-0.4, -0.2) is 12.0 Å². The van der Waals surface area contributed by atoms with Crippen molar-refractivity contribution in [2.24, 2.45) is 0 Å². The van der Waals surface area contributed by atoms with E-state index in [-0.39, 0.29) is 0 Å². The van der Waals surface area contributed by atoms with Gasteiger partial charge in [0, 0.05) is 23.7 Å². The number of para-hydroxylation sites is 1. The minimum absolute atomic E-state index is 0.511. The fourth-order valence-electron chi connectivity index (χ4n) is 1.50. The van der Waals surface area contributed by atoms with Gasteiger partial charge in [-0.15, -0.1) is 11.3 Å². The van der Waals surface area contributed by atoms with E-state index in [1.165, 1.54) is 0 Å². The molecule has 5 heteroatoms. The molecule has 1 aromatic heterocycles. The normalized spacial score (nSPS) is 10.5. The Bertz CT molecular complexity index is 473. The number of rotatable bonds is 5. The highest BCUT2D eigenvalue weighted by molar-refractivity contribution is 9.10. The molecular formula is C12H13BrN2OS. The lowest BCUT2D eigenvalue weighted by molar-refractivity contribution is 0.300. The Morgan fingerprint density at radius 2 is 2.35 bits per heavy atom. The maximum absolute atomic E-state index is 5.83. The lowest BCUT2D eigenvalue weighted by Crippen LogP contribution is -2.07. The van der Waals surface area contributed by atoms with Crippen LogP contribution >= 0.6 is 27.3 Å². The SMILES string of the molecule is CNCc1cccc(Br)c1OCc1nccs1. The molecule has 0 aliphatic carbocycles. The molecule has 0 aliphatic heterocycles. The second-order valence-electron chi connectivity index (χ2n) is 3.47. The van der Waals surface area contributed by atoms with Gasteiger partial charge in [-0.3, -0.25) is 0 Å². The molecule has 0 saturated heterocycles. The number of ether oxygens (including phenoxy) is 1. The van der Waals surface area contributed by atoms with Gasteiger partial charge in [-0.25, -0.2) is 4.98 Å². The van der Waals surface area contributed by atoms with Crippen LogP contribution in [0, 0.1) is 0 Å². The number of nitrogens with one attached hydrogen (secondary N) is 1. The molecule has 17 heavy (non-hydrogen) atoms. The molecule has 90 valence electrons. The molecule has 0 radical (unpaired) electrons. The van der Waals surface area contributed by atoms with Crippen LogP contribution in [0.2, 0.25) is 0 Å². The largest absolute Gasteiger partial charge is 0.485 e. The lowest BCUT2D eigenvalue weighted by Gasteiger charge is -2.12. The first-order chi connectivity index (χ1) is 8.31. The van der Waals surface area contributed by atoms with E-state index in [4.69, 9.17) is 4.74 Å². The highest BCUT2D eigenvalue weighted by Crippen LogP contribution is 2.29. The Labute approximate surface area is 113 Å². The van der Waals surface area contributed by atoms with Gasteiger partial charge in [0.1, 0.15) is 17.4 Å². The second-order valence-corrected chi connectivity index (χ2v) is 5.31. The van der Waals surface area contributed by atoms with Gasteiger partial charge in [0.25, 0.3) is 0 Å². The number of thiazole rings is 1. The summed E-state index contributed by atoms with van der Waals surface area (Å²) in [5.41, 5.74) is 1.14. The summed E-state index contributed by atoms with van der Waals surface area (Å²) in [5, 5.41) is 6.07. The zero-order valence-electron chi connectivity index (χ0n) is 9.44. The molecule has 0 aliphatic rings. The quantitative estimate of drug-likeness (QED) is 0.920. The molecule has 2 aromatic rings. The molecule has 0 saturated carbocycles. The first-order valence-electron chi connectivity index (χ1n) is 5.24. The van der Waals surface area contributed by atoms with E-state index in [1.807, 2.05) is 24.6 Å². The molecule has 0 fully saturated rings. The van der Waals surface area contributed by atoms with Crippen LogP contribution in [0.3, 0.4) is 0 Å². The third-order valence-corrected chi connectivity index (χ3v) is 3.62. The molecule has 1 heterocycles. The number of benzene rings is 1. The Kier molecular flexibility index (Phi) is 4.53. The molecule has 1 aromatic carbocycles. The Morgan fingerprint density at radius 1 is 1.47 bits per heavy atom. The summed E-state index contributed by atoms with van der Waals surface area (Å²) < 4.78 is 6.80. The van der Waals surface area contributed by atoms with Gasteiger partial charge >= 0.3 is 0 Å². The van der Waals surface area contributed by atoms with E-state index in [1.54, 1.807) is 17.5 Å². The molecular weight excluding hydrogens is 300 g/mol. The molecule has 0 amide bonds. The van der Waals surface area contributed by atoms with Gasteiger partial charge < -0.3 is 10.1 Å². The number of aromatic nitrogens is 1. The summed E-state index contributed by atoms with van der Waals surface area (Å²) in [6.45, 7) is 1.30. The monoisotopic (exact) mass is 312 g/mol. The number of halogens is 1. The van der Waals surface area contributed by atoms with Crippen LogP contribution in [-0.2, 0) is 13.2 Å². The highest BCUT2D eigenvalue weighted by atomic mass is 79.9. The van der Waals surface area contributed by atoms with E-state index in [0.717, 1.165) is 27.3 Å². The summed E-state index contributed by atoms with van der Waals surface area (Å²) in [4.78, 5) is 4.20. The van der Waals surface area contributed by atoms with Crippen LogP contribution in [0.25, 0.3) is 0 Å². The van der Waals surface area contributed by atoms with Crippen LogP contribution in [0.4, 0.5) is 0 Å². The van der Waals surface area contributed by atoms with Crippen molar-refractivity contribution < 1.29 is 4.74 Å². The Balaban J connectivity index is 2.13. The molecule has 0 unspecified atom stereocenters. The molecule has 0 bridgehead atoms. The molecule has 1 N–H and O–H groups in total. The maximum Gasteiger partial charge on any atom is 0.140 e. The average molecular weight is 313 g/mol. The highest BCUT2D eigenvalue weighted by Gasteiger charge is 2.08. The van der Waals surface area contributed by atoms with Crippen LogP contribution < -0.4 is 10.1 Å². The van der Waals surface area contributed by atoms with E-state index in [2.05, 4.69) is 32.3 Å². The van der Waals surface area contributed by atoms with Crippen LogP contribution in [0.1, 0.15) is 10.6 Å². The smallest absolute Gasteiger partial charge is 0.140 e. The van der Waals surface area contributed by atoms with Crippen molar-refractivity contribution in [1.82, 2.24) is 10.3 Å². The number of hydrogen-bond donors (Lipinski definition) is 1. The standard InChI is InChI=1S/C12H13BrN2OS/c1-14-7-9-3-2-4-10(13)12(9)16-8-11-15-5-6-17-11/h2-6,14H,7-8H2,1H3. The first kappa shape index (κ1) is 12.5. The van der Waals surface area contributed by atoms with E-state index in [9.17, 15) is 0 Å². The van der Waals surface area contributed by atoms with Gasteiger partial charge in [0.2, 0.25) is 0 Å². The van der Waals surface area contributed by atoms with Crippen molar-refractivity contribution in [2.45, 2.75) is 13.2 Å². The molecule has 3 nitrogen and oxygen atoms in total. The van der Waals surface area contributed by atoms with Crippen LogP contribution in [0.15, 0.2) is 34.2 Å². The van der Waals surface area contributed by atoms with Gasteiger partial charge in [-0.1, -0.05) is 12.1 Å². The summed E-state index contributed by atoms with van der Waals surface area (Å²) in [6, 6.07) is 6.04. The van der Waals surface area contributed by atoms with E-state index < -0.39 is 0 Å². The number of hydrogen-bond acceptors (Lipinski definition) is 4. The Hall–Kier alpha value is -0.910. The van der Waals surface area contributed by atoms with Crippen molar-refractivity contribution >= 4 is 27.3 Å². The van der Waals surface area contributed by atoms with Crippen molar-refractivity contribution in [1.29, 1.82) is 0 Å². The Morgan fingerprint density at radius 3 is 3.06 bits per heavy atom. The summed E-state index contributed by atoms with van der Waals surface area (Å²) in [5.74, 6) is 0.886. The minimum Gasteiger partial charge on any atom is -0.485 e. The van der Waals surface area contributed by atoms with E-state index >= 15 is 0 Å². The topological polar surface area (TPSA) is 34.1 Å². The predicted molar refractivity (Wildman–Crippen MR) is 73.4 cm³/mol. The third-order valence-electron chi connectivity index (χ3n) is 2.24. The molecule has 0 spiro atoms. The first-order valence-corrected chi connectivity index (χ1v) is 6.91. The van der Waals surface area contributed by atoms with Gasteiger partial charge in [0.15, 0.2) is 0 Å². The fraction of sp³-hybridized carbons (Fsp3) is 0.250. The van der Waals surface area contributed by atoms with Crippen molar-refractivity contribution in [3.8, 4) is 5.75 Å². The zero-order valence-corrected chi connectivity index (χ0v) is 11.8. The summed E-state index contributed by atoms with van der Waals surface area (Å²) in [6.07, 6.45) is 1.79. The maximum atomic E-state index is 5.83. The van der Waals surface area contributed by atoms with Crippen molar-refractivity contribution in [3.05, 3.63) is 44.8 Å². The summed E-state index contributed by atoms with van der Waals surface area (Å²) >= 11 is 5.11.